The van der Waals surface area contributed by atoms with Crippen LogP contribution in [0.3, 0.4) is 0 Å². The zero-order valence-corrected chi connectivity index (χ0v) is 15.9. The van der Waals surface area contributed by atoms with Crippen molar-refractivity contribution < 1.29 is 4.79 Å². The molecule has 0 bridgehead atoms. The van der Waals surface area contributed by atoms with Crippen molar-refractivity contribution in [2.24, 2.45) is 5.10 Å². The van der Waals surface area contributed by atoms with Gasteiger partial charge in [-0.1, -0.05) is 65.1 Å². The molecule has 0 aromatic heterocycles. The van der Waals surface area contributed by atoms with Crippen molar-refractivity contribution in [3.63, 3.8) is 0 Å². The summed E-state index contributed by atoms with van der Waals surface area (Å²) >= 11 is 9.32. The molecule has 0 fully saturated rings. The Labute approximate surface area is 156 Å². The van der Waals surface area contributed by atoms with Crippen LogP contribution in [0.5, 0.6) is 0 Å². The Morgan fingerprint density at radius 3 is 2.42 bits per heavy atom. The average molecular weight is 408 g/mol. The van der Waals surface area contributed by atoms with Crippen LogP contribution in [-0.4, -0.2) is 11.6 Å². The number of hydrogen-bond donors (Lipinski definition) is 1. The van der Waals surface area contributed by atoms with Crippen LogP contribution >= 0.6 is 27.5 Å². The maximum absolute atomic E-state index is 12.1. The van der Waals surface area contributed by atoms with Gasteiger partial charge in [0.1, 0.15) is 0 Å². The molecular weight excluding hydrogens is 388 g/mol. The molecule has 5 heteroatoms. The fourth-order valence-corrected chi connectivity index (χ4v) is 2.60. The van der Waals surface area contributed by atoms with Crippen LogP contribution in [0.1, 0.15) is 37.3 Å². The van der Waals surface area contributed by atoms with Gasteiger partial charge >= 0.3 is 0 Å². The molecule has 2 rings (SSSR count). The summed E-state index contributed by atoms with van der Waals surface area (Å²) in [5, 5.41) is 5.03. The maximum atomic E-state index is 12.1. The first-order valence-corrected chi connectivity index (χ1v) is 9.11. The molecule has 2 aromatic rings. The van der Waals surface area contributed by atoms with E-state index in [1.54, 1.807) is 0 Å². The molecule has 0 aliphatic heterocycles. The first kappa shape index (κ1) is 18.7. The van der Waals surface area contributed by atoms with Gasteiger partial charge in [-0.25, -0.2) is 5.43 Å². The number of hydrogen-bond acceptors (Lipinski definition) is 2. The molecule has 3 nitrogen and oxygen atoms in total. The van der Waals surface area contributed by atoms with Gasteiger partial charge in [-0.15, -0.1) is 0 Å². The Morgan fingerprint density at radius 2 is 1.79 bits per heavy atom. The Morgan fingerprint density at radius 1 is 1.12 bits per heavy atom. The molecule has 0 heterocycles. The third kappa shape index (κ3) is 6.10. The summed E-state index contributed by atoms with van der Waals surface area (Å²) in [6.07, 6.45) is 3.21. The minimum absolute atomic E-state index is 0.125. The predicted molar refractivity (Wildman–Crippen MR) is 104 cm³/mol. The van der Waals surface area contributed by atoms with Crippen LogP contribution in [0.15, 0.2) is 58.1 Å². The van der Waals surface area contributed by atoms with E-state index in [2.05, 4.69) is 33.4 Å². The highest BCUT2D eigenvalue weighted by atomic mass is 79.9. The number of nitrogens with one attached hydrogen (secondary N) is 1. The lowest BCUT2D eigenvalue weighted by Crippen LogP contribution is -2.22. The van der Waals surface area contributed by atoms with Crippen molar-refractivity contribution >= 4 is 39.1 Å². The van der Waals surface area contributed by atoms with Crippen LogP contribution < -0.4 is 5.43 Å². The summed E-state index contributed by atoms with van der Waals surface area (Å²) in [5.41, 5.74) is 5.48. The van der Waals surface area contributed by atoms with E-state index in [9.17, 15) is 4.79 Å². The number of carbonyl (C=O) groups is 1. The van der Waals surface area contributed by atoms with Gasteiger partial charge in [-0.05, 0) is 48.2 Å². The third-order valence-corrected chi connectivity index (χ3v) is 4.32. The fraction of sp³-hybridized carbons (Fsp3) is 0.263. The Kier molecular flexibility index (Phi) is 7.47. The maximum Gasteiger partial charge on any atom is 0.244 e. The van der Waals surface area contributed by atoms with Crippen LogP contribution in [0.4, 0.5) is 0 Å². The summed E-state index contributed by atoms with van der Waals surface area (Å²) in [6.45, 7) is 2.13. The van der Waals surface area contributed by atoms with Crippen molar-refractivity contribution in [3.8, 4) is 0 Å². The Hall–Kier alpha value is -1.65. The minimum atomic E-state index is -0.125. The van der Waals surface area contributed by atoms with E-state index in [4.69, 9.17) is 11.6 Å². The number of amides is 1. The predicted octanol–water partition coefficient (Wildman–Crippen LogP) is 5.36. The van der Waals surface area contributed by atoms with Crippen molar-refractivity contribution in [1.82, 2.24) is 5.43 Å². The summed E-state index contributed by atoms with van der Waals surface area (Å²) in [7, 11) is 0. The van der Waals surface area contributed by atoms with Gasteiger partial charge in [0, 0.05) is 9.50 Å². The van der Waals surface area contributed by atoms with E-state index in [0.29, 0.717) is 11.4 Å². The molecule has 1 N–H and O–H groups in total. The van der Waals surface area contributed by atoms with Crippen molar-refractivity contribution in [3.05, 3.63) is 69.2 Å². The third-order valence-electron chi connectivity index (χ3n) is 3.54. The van der Waals surface area contributed by atoms with E-state index in [0.717, 1.165) is 40.6 Å². The zero-order chi connectivity index (χ0) is 17.4. The number of carbonyl (C=O) groups excluding carboxylic acids is 1. The first-order valence-electron chi connectivity index (χ1n) is 7.94. The molecule has 24 heavy (non-hydrogen) atoms. The highest BCUT2D eigenvalue weighted by Gasteiger charge is 2.06. The van der Waals surface area contributed by atoms with E-state index in [1.165, 1.54) is 0 Å². The molecular formula is C19H20BrClN2O. The molecule has 126 valence electrons. The van der Waals surface area contributed by atoms with E-state index < -0.39 is 0 Å². The largest absolute Gasteiger partial charge is 0.273 e. The van der Waals surface area contributed by atoms with Crippen molar-refractivity contribution in [2.75, 3.05) is 0 Å². The van der Waals surface area contributed by atoms with Crippen molar-refractivity contribution in [1.29, 1.82) is 0 Å². The summed E-state index contributed by atoms with van der Waals surface area (Å²) in [5.74, 6) is -0.125. The highest BCUT2D eigenvalue weighted by molar-refractivity contribution is 9.10. The zero-order valence-electron chi connectivity index (χ0n) is 13.6. The van der Waals surface area contributed by atoms with E-state index in [-0.39, 0.29) is 5.91 Å². The number of hydrazone groups is 1. The van der Waals surface area contributed by atoms with Crippen LogP contribution in [-0.2, 0) is 11.2 Å². The first-order chi connectivity index (χ1) is 11.6. The lowest BCUT2D eigenvalue weighted by Gasteiger charge is -2.08. The van der Waals surface area contributed by atoms with Crippen LogP contribution in [0.25, 0.3) is 0 Å². The van der Waals surface area contributed by atoms with E-state index >= 15 is 0 Å². The van der Waals surface area contributed by atoms with Gasteiger partial charge < -0.3 is 0 Å². The lowest BCUT2D eigenvalue weighted by atomic mass is 10.1. The Bertz CT molecular complexity index is 696. The number of halogens is 2. The molecule has 0 spiro atoms. The van der Waals surface area contributed by atoms with Gasteiger partial charge in [0.15, 0.2) is 0 Å². The molecule has 0 aliphatic rings. The van der Waals surface area contributed by atoms with Gasteiger partial charge in [-0.3, -0.25) is 4.79 Å². The normalized spacial score (nSPS) is 11.4. The van der Waals surface area contributed by atoms with Gasteiger partial charge in [-0.2, -0.15) is 5.10 Å². The average Bonchev–Trinajstić information content (AvgIpc) is 2.58. The van der Waals surface area contributed by atoms with Gasteiger partial charge in [0.05, 0.1) is 12.1 Å². The molecule has 2 aromatic carbocycles. The summed E-state index contributed by atoms with van der Waals surface area (Å²) in [4.78, 5) is 12.1. The molecule has 0 atom stereocenters. The molecule has 1 amide bonds. The molecule has 0 unspecified atom stereocenters. The SMILES string of the molecule is CCCC/C(=N/NC(=O)Cc1ccc(Br)cc1)c1ccc(Cl)cc1. The second-order valence-electron chi connectivity index (χ2n) is 5.51. The van der Waals surface area contributed by atoms with Crippen molar-refractivity contribution in [2.45, 2.75) is 32.6 Å². The summed E-state index contributed by atoms with van der Waals surface area (Å²) in [6, 6.07) is 15.2. The Balaban J connectivity index is 2.04. The van der Waals surface area contributed by atoms with Crippen LogP contribution in [0, 0.1) is 0 Å². The molecule has 0 saturated carbocycles. The fourth-order valence-electron chi connectivity index (χ4n) is 2.21. The number of benzene rings is 2. The standard InChI is InChI=1S/C19H20BrClN2O/c1-2-3-4-18(15-7-11-17(21)12-8-15)22-23-19(24)13-14-5-9-16(20)10-6-14/h5-12H,2-4,13H2,1H3,(H,23,24)/b22-18-. The van der Waals surface area contributed by atoms with E-state index in [1.807, 2.05) is 48.5 Å². The summed E-state index contributed by atoms with van der Waals surface area (Å²) < 4.78 is 0.995. The molecule has 0 radical (unpaired) electrons. The minimum Gasteiger partial charge on any atom is -0.273 e. The molecule has 0 saturated heterocycles. The number of unbranched alkanes of at least 4 members (excludes halogenated alkanes) is 1. The smallest absolute Gasteiger partial charge is 0.244 e. The topological polar surface area (TPSA) is 41.5 Å². The number of rotatable bonds is 7. The second kappa shape index (κ2) is 9.60. The highest BCUT2D eigenvalue weighted by Crippen LogP contribution is 2.14. The van der Waals surface area contributed by atoms with Gasteiger partial charge in [0.2, 0.25) is 5.91 Å². The number of nitrogens with zero attached hydrogens (tertiary/aromatic N) is 1. The monoisotopic (exact) mass is 406 g/mol. The van der Waals surface area contributed by atoms with Gasteiger partial charge in [0.25, 0.3) is 0 Å². The second-order valence-corrected chi connectivity index (χ2v) is 6.86. The molecule has 0 aliphatic carbocycles. The van der Waals surface area contributed by atoms with Crippen LogP contribution in [0.2, 0.25) is 5.02 Å². The lowest BCUT2D eigenvalue weighted by molar-refractivity contribution is -0.120. The quantitative estimate of drug-likeness (QED) is 0.487.